The molecule has 1 aliphatic rings. The van der Waals surface area contributed by atoms with Crippen LogP contribution in [0.5, 0.6) is 0 Å². The number of carbonyl (C=O) groups is 1. The number of rotatable bonds is 2. The molecule has 1 rings (SSSR count). The molecule has 68 valence electrons. The Hall–Kier alpha value is -0.790. The lowest BCUT2D eigenvalue weighted by Crippen LogP contribution is -2.24. The minimum Gasteiger partial charge on any atom is -0.481 e. The first-order valence-electron chi connectivity index (χ1n) is 4.53. The summed E-state index contributed by atoms with van der Waals surface area (Å²) in [5.74, 6) is -0.725. The highest BCUT2D eigenvalue weighted by Crippen LogP contribution is 2.33. The third kappa shape index (κ3) is 1.87. The van der Waals surface area contributed by atoms with Crippen LogP contribution in [-0.2, 0) is 4.79 Å². The molecule has 0 aliphatic heterocycles. The molecule has 0 spiro atoms. The summed E-state index contributed by atoms with van der Waals surface area (Å²) >= 11 is 0. The zero-order valence-electron chi connectivity index (χ0n) is 7.55. The van der Waals surface area contributed by atoms with Crippen molar-refractivity contribution in [2.45, 2.75) is 32.6 Å². The Labute approximate surface area is 73.3 Å². The topological polar surface area (TPSA) is 37.3 Å². The van der Waals surface area contributed by atoms with Crippen molar-refractivity contribution in [3.05, 3.63) is 12.2 Å². The van der Waals surface area contributed by atoms with Crippen LogP contribution in [0.2, 0.25) is 0 Å². The van der Waals surface area contributed by atoms with Crippen LogP contribution in [0.1, 0.15) is 32.6 Å². The van der Waals surface area contributed by atoms with Crippen molar-refractivity contribution >= 4 is 5.97 Å². The smallest absolute Gasteiger partial charge is 0.306 e. The van der Waals surface area contributed by atoms with Crippen LogP contribution in [-0.4, -0.2) is 11.1 Å². The van der Waals surface area contributed by atoms with Gasteiger partial charge in [0.2, 0.25) is 0 Å². The number of hydrogen-bond donors (Lipinski definition) is 1. The summed E-state index contributed by atoms with van der Waals surface area (Å²) in [6.07, 6.45) is 4.36. The number of carboxylic acids is 1. The Morgan fingerprint density at radius 1 is 1.67 bits per heavy atom. The van der Waals surface area contributed by atoms with Crippen molar-refractivity contribution in [3.8, 4) is 0 Å². The van der Waals surface area contributed by atoms with Crippen LogP contribution in [0.4, 0.5) is 0 Å². The number of carboxylic acid groups (broad SMARTS) is 1. The van der Waals surface area contributed by atoms with Crippen LogP contribution >= 0.6 is 0 Å². The fourth-order valence-electron chi connectivity index (χ4n) is 1.88. The fourth-order valence-corrected chi connectivity index (χ4v) is 1.88. The van der Waals surface area contributed by atoms with Gasteiger partial charge in [-0.05, 0) is 25.2 Å². The Morgan fingerprint density at radius 3 is 2.83 bits per heavy atom. The van der Waals surface area contributed by atoms with Crippen LogP contribution in [0.15, 0.2) is 12.2 Å². The Kier molecular flexibility index (Phi) is 2.90. The quantitative estimate of drug-likeness (QED) is 0.643. The highest BCUT2D eigenvalue weighted by Gasteiger charge is 2.27. The average Bonchev–Trinajstić information content (AvgIpc) is 2.04. The molecule has 2 heteroatoms. The number of aliphatic carboxylic acids is 1. The zero-order chi connectivity index (χ0) is 9.14. The van der Waals surface area contributed by atoms with Gasteiger partial charge < -0.3 is 5.11 Å². The Balaban J connectivity index is 2.59. The molecule has 0 radical (unpaired) electrons. The molecule has 2 atom stereocenters. The first-order valence-corrected chi connectivity index (χ1v) is 4.53. The molecule has 2 unspecified atom stereocenters. The van der Waals surface area contributed by atoms with Crippen molar-refractivity contribution in [2.75, 3.05) is 0 Å². The molecule has 12 heavy (non-hydrogen) atoms. The summed E-state index contributed by atoms with van der Waals surface area (Å²) in [4.78, 5) is 10.7. The van der Waals surface area contributed by atoms with E-state index in [2.05, 4.69) is 6.58 Å². The standard InChI is InChI=1S/C10H16O2/c1-7-5-3-4-6-9(7)8(2)10(11)12/h8-9H,1,3-6H2,2H3,(H,11,12). The average molecular weight is 168 g/mol. The van der Waals surface area contributed by atoms with Gasteiger partial charge in [0.25, 0.3) is 0 Å². The van der Waals surface area contributed by atoms with E-state index in [1.165, 1.54) is 6.42 Å². The van der Waals surface area contributed by atoms with Crippen LogP contribution in [0, 0.1) is 11.8 Å². The van der Waals surface area contributed by atoms with Gasteiger partial charge in [-0.1, -0.05) is 25.5 Å². The number of allylic oxidation sites excluding steroid dienone is 1. The van der Waals surface area contributed by atoms with E-state index in [-0.39, 0.29) is 11.8 Å². The summed E-state index contributed by atoms with van der Waals surface area (Å²) in [7, 11) is 0. The van der Waals surface area contributed by atoms with E-state index in [1.807, 2.05) is 0 Å². The van der Waals surface area contributed by atoms with Crippen molar-refractivity contribution in [2.24, 2.45) is 11.8 Å². The maximum atomic E-state index is 10.7. The molecular formula is C10H16O2. The highest BCUT2D eigenvalue weighted by molar-refractivity contribution is 5.70. The number of hydrogen-bond acceptors (Lipinski definition) is 1. The van der Waals surface area contributed by atoms with Gasteiger partial charge in [0, 0.05) is 0 Å². The molecule has 0 aromatic carbocycles. The van der Waals surface area contributed by atoms with Crippen molar-refractivity contribution in [1.29, 1.82) is 0 Å². The van der Waals surface area contributed by atoms with Crippen molar-refractivity contribution in [1.82, 2.24) is 0 Å². The first-order chi connectivity index (χ1) is 5.63. The third-order valence-electron chi connectivity index (χ3n) is 2.78. The van der Waals surface area contributed by atoms with E-state index in [4.69, 9.17) is 5.11 Å². The maximum Gasteiger partial charge on any atom is 0.306 e. The molecule has 0 aromatic heterocycles. The molecule has 1 saturated carbocycles. The molecule has 1 N–H and O–H groups in total. The Bertz CT molecular complexity index is 196. The van der Waals surface area contributed by atoms with Crippen molar-refractivity contribution in [3.63, 3.8) is 0 Å². The Morgan fingerprint density at radius 2 is 2.33 bits per heavy atom. The van der Waals surface area contributed by atoms with E-state index in [0.29, 0.717) is 0 Å². The second-order valence-corrected chi connectivity index (χ2v) is 3.64. The highest BCUT2D eigenvalue weighted by atomic mass is 16.4. The van der Waals surface area contributed by atoms with Gasteiger partial charge in [0.15, 0.2) is 0 Å². The third-order valence-corrected chi connectivity index (χ3v) is 2.78. The lowest BCUT2D eigenvalue weighted by molar-refractivity contribution is -0.142. The summed E-state index contributed by atoms with van der Waals surface area (Å²) in [5, 5.41) is 8.81. The van der Waals surface area contributed by atoms with E-state index in [9.17, 15) is 4.79 Å². The van der Waals surface area contributed by atoms with Gasteiger partial charge in [0.1, 0.15) is 0 Å². The first kappa shape index (κ1) is 9.30. The van der Waals surface area contributed by atoms with Gasteiger partial charge in [0.05, 0.1) is 5.92 Å². The van der Waals surface area contributed by atoms with E-state index in [0.717, 1.165) is 24.8 Å². The second kappa shape index (κ2) is 3.74. The van der Waals surface area contributed by atoms with E-state index in [1.54, 1.807) is 6.92 Å². The molecule has 0 bridgehead atoms. The predicted molar refractivity (Wildman–Crippen MR) is 47.9 cm³/mol. The van der Waals surface area contributed by atoms with Crippen LogP contribution in [0.3, 0.4) is 0 Å². The fraction of sp³-hybridized carbons (Fsp3) is 0.700. The van der Waals surface area contributed by atoms with Gasteiger partial charge in [-0.15, -0.1) is 0 Å². The zero-order valence-corrected chi connectivity index (χ0v) is 7.55. The van der Waals surface area contributed by atoms with Gasteiger partial charge >= 0.3 is 5.97 Å². The molecule has 2 nitrogen and oxygen atoms in total. The summed E-state index contributed by atoms with van der Waals surface area (Å²) in [6.45, 7) is 5.72. The van der Waals surface area contributed by atoms with Crippen molar-refractivity contribution < 1.29 is 9.90 Å². The molecule has 0 heterocycles. The molecule has 0 aromatic rings. The van der Waals surface area contributed by atoms with Gasteiger partial charge in [-0.2, -0.15) is 0 Å². The normalized spacial score (nSPS) is 26.8. The molecular weight excluding hydrogens is 152 g/mol. The lowest BCUT2D eigenvalue weighted by Gasteiger charge is -2.27. The van der Waals surface area contributed by atoms with Crippen LogP contribution in [0.25, 0.3) is 0 Å². The molecule has 1 fully saturated rings. The summed E-state index contributed by atoms with van der Waals surface area (Å²) < 4.78 is 0. The van der Waals surface area contributed by atoms with Crippen LogP contribution < -0.4 is 0 Å². The molecule has 0 amide bonds. The predicted octanol–water partition coefficient (Wildman–Crippen LogP) is 2.45. The molecule has 0 saturated heterocycles. The summed E-state index contributed by atoms with van der Waals surface area (Å²) in [5.41, 5.74) is 1.14. The lowest BCUT2D eigenvalue weighted by atomic mass is 9.78. The molecule has 1 aliphatic carbocycles. The van der Waals surface area contributed by atoms with Gasteiger partial charge in [-0.25, -0.2) is 0 Å². The summed E-state index contributed by atoms with van der Waals surface area (Å²) in [6, 6.07) is 0. The second-order valence-electron chi connectivity index (χ2n) is 3.64. The van der Waals surface area contributed by atoms with Gasteiger partial charge in [-0.3, -0.25) is 4.79 Å². The van der Waals surface area contributed by atoms with E-state index < -0.39 is 5.97 Å². The SMILES string of the molecule is C=C1CCCCC1C(C)C(=O)O. The maximum absolute atomic E-state index is 10.7. The van der Waals surface area contributed by atoms with E-state index >= 15 is 0 Å². The monoisotopic (exact) mass is 168 g/mol. The largest absolute Gasteiger partial charge is 0.481 e. The minimum absolute atomic E-state index is 0.219. The minimum atomic E-state index is -0.692.